The third kappa shape index (κ3) is 1.20. The highest BCUT2D eigenvalue weighted by Gasteiger charge is 2.14. The van der Waals surface area contributed by atoms with Gasteiger partial charge in [-0.05, 0) is 18.7 Å². The van der Waals surface area contributed by atoms with E-state index in [9.17, 15) is 10.2 Å². The quantitative estimate of drug-likeness (QED) is 0.672. The van der Waals surface area contributed by atoms with Crippen LogP contribution in [0.1, 0.15) is 5.76 Å². The molecule has 0 spiro atoms. The van der Waals surface area contributed by atoms with Crippen molar-refractivity contribution in [3.8, 4) is 11.5 Å². The van der Waals surface area contributed by atoms with Crippen LogP contribution in [0.4, 0.5) is 0 Å². The molecule has 0 aliphatic rings. The van der Waals surface area contributed by atoms with Crippen molar-refractivity contribution in [1.82, 2.24) is 0 Å². The number of hydrogen-bond acceptors (Lipinski definition) is 4. The lowest BCUT2D eigenvalue weighted by molar-refractivity contribution is 0.432. The molecule has 0 bridgehead atoms. The third-order valence-corrected chi connectivity index (χ3v) is 2.11. The number of para-hydroxylation sites is 1. The summed E-state index contributed by atoms with van der Waals surface area (Å²) in [5.41, 5.74) is 5.67. The summed E-state index contributed by atoms with van der Waals surface area (Å²) in [6, 6.07) is 4.85. The molecule has 0 atom stereocenters. The summed E-state index contributed by atoms with van der Waals surface area (Å²) in [5.74, 6) is 0.520. The van der Waals surface area contributed by atoms with Crippen molar-refractivity contribution >= 4 is 11.0 Å². The zero-order valence-electron chi connectivity index (χ0n) is 7.53. The highest BCUT2D eigenvalue weighted by Crippen LogP contribution is 2.36. The second-order valence-electron chi connectivity index (χ2n) is 3.07. The van der Waals surface area contributed by atoms with Gasteiger partial charge in [-0.15, -0.1) is 0 Å². The van der Waals surface area contributed by atoms with E-state index in [1.165, 1.54) is 6.07 Å². The van der Waals surface area contributed by atoms with E-state index in [1.54, 1.807) is 12.1 Å². The smallest absolute Gasteiger partial charge is 0.179 e. The Morgan fingerprint density at radius 3 is 2.71 bits per heavy atom. The number of rotatable bonds is 2. The van der Waals surface area contributed by atoms with Gasteiger partial charge in [0.05, 0.1) is 5.39 Å². The molecule has 4 nitrogen and oxygen atoms in total. The van der Waals surface area contributed by atoms with Gasteiger partial charge in [-0.1, -0.05) is 6.07 Å². The summed E-state index contributed by atoms with van der Waals surface area (Å²) in [6.07, 6.45) is 0.458. The maximum absolute atomic E-state index is 9.68. The van der Waals surface area contributed by atoms with Crippen LogP contribution in [0.25, 0.3) is 11.0 Å². The van der Waals surface area contributed by atoms with Crippen LogP contribution in [0.3, 0.4) is 0 Å². The number of furan rings is 1. The lowest BCUT2D eigenvalue weighted by Gasteiger charge is -1.91. The van der Waals surface area contributed by atoms with Crippen molar-refractivity contribution in [2.75, 3.05) is 6.54 Å². The first-order chi connectivity index (χ1) is 6.74. The highest BCUT2D eigenvalue weighted by molar-refractivity contribution is 5.89. The van der Waals surface area contributed by atoms with Crippen molar-refractivity contribution in [2.45, 2.75) is 6.42 Å². The minimum atomic E-state index is 0.0288. The van der Waals surface area contributed by atoms with Crippen LogP contribution in [0.15, 0.2) is 22.6 Å². The number of phenols is 1. The van der Waals surface area contributed by atoms with E-state index in [1.807, 2.05) is 0 Å². The lowest BCUT2D eigenvalue weighted by Crippen LogP contribution is -2.01. The minimum Gasteiger partial charge on any atom is -0.504 e. The maximum Gasteiger partial charge on any atom is 0.179 e. The number of hydrogen-bond donors (Lipinski definition) is 3. The Morgan fingerprint density at radius 2 is 2.07 bits per heavy atom. The van der Waals surface area contributed by atoms with Crippen LogP contribution in [0.5, 0.6) is 11.5 Å². The highest BCUT2D eigenvalue weighted by atomic mass is 16.4. The number of phenolic OH excluding ortho intramolecular Hbond substituents is 1. The van der Waals surface area contributed by atoms with E-state index in [0.717, 1.165) is 0 Å². The average molecular weight is 193 g/mol. The first kappa shape index (κ1) is 8.90. The molecular weight excluding hydrogens is 182 g/mol. The van der Waals surface area contributed by atoms with Gasteiger partial charge < -0.3 is 20.4 Å². The molecule has 0 aliphatic carbocycles. The van der Waals surface area contributed by atoms with Gasteiger partial charge in [0.2, 0.25) is 0 Å². The van der Waals surface area contributed by atoms with Crippen LogP contribution in [-0.2, 0) is 6.42 Å². The van der Waals surface area contributed by atoms with Crippen molar-refractivity contribution < 1.29 is 14.6 Å². The predicted molar refractivity (Wildman–Crippen MR) is 52.3 cm³/mol. The van der Waals surface area contributed by atoms with Crippen LogP contribution < -0.4 is 5.73 Å². The zero-order chi connectivity index (χ0) is 10.1. The summed E-state index contributed by atoms with van der Waals surface area (Å²) < 4.78 is 5.29. The molecule has 0 saturated carbocycles. The molecule has 0 saturated heterocycles. The molecule has 0 fully saturated rings. The largest absolute Gasteiger partial charge is 0.504 e. The summed E-state index contributed by atoms with van der Waals surface area (Å²) in [5, 5.41) is 19.6. The van der Waals surface area contributed by atoms with E-state index < -0.39 is 0 Å². The number of fused-ring (bicyclic) bond motifs is 1. The van der Waals surface area contributed by atoms with Gasteiger partial charge in [-0.25, -0.2) is 0 Å². The molecule has 2 rings (SSSR count). The fourth-order valence-electron chi connectivity index (χ4n) is 1.44. The molecule has 1 aromatic heterocycles. The molecule has 0 radical (unpaired) electrons. The van der Waals surface area contributed by atoms with E-state index in [4.69, 9.17) is 10.2 Å². The first-order valence-electron chi connectivity index (χ1n) is 4.36. The molecule has 0 aliphatic heterocycles. The Balaban J connectivity index is 2.67. The third-order valence-electron chi connectivity index (χ3n) is 2.11. The molecule has 1 aromatic carbocycles. The van der Waals surface area contributed by atoms with Crippen molar-refractivity contribution in [1.29, 1.82) is 0 Å². The van der Waals surface area contributed by atoms with Gasteiger partial charge in [-0.2, -0.15) is 0 Å². The number of aromatic hydroxyl groups is 2. The molecule has 2 aromatic rings. The van der Waals surface area contributed by atoms with Crippen LogP contribution >= 0.6 is 0 Å². The predicted octanol–water partition coefficient (Wildman–Crippen LogP) is 1.35. The van der Waals surface area contributed by atoms with Gasteiger partial charge in [0.1, 0.15) is 5.76 Å². The normalized spacial score (nSPS) is 10.9. The Morgan fingerprint density at radius 1 is 1.29 bits per heavy atom. The van der Waals surface area contributed by atoms with E-state index >= 15 is 0 Å². The van der Waals surface area contributed by atoms with E-state index in [2.05, 4.69) is 0 Å². The van der Waals surface area contributed by atoms with Gasteiger partial charge in [0.25, 0.3) is 0 Å². The zero-order valence-corrected chi connectivity index (χ0v) is 7.53. The van der Waals surface area contributed by atoms with Gasteiger partial charge in [-0.3, -0.25) is 0 Å². The molecule has 74 valence electrons. The number of nitrogens with two attached hydrogens (primary N) is 1. The van der Waals surface area contributed by atoms with Gasteiger partial charge in [0, 0.05) is 6.42 Å². The van der Waals surface area contributed by atoms with Crippen molar-refractivity contribution in [2.24, 2.45) is 5.73 Å². The molecule has 0 amide bonds. The Hall–Kier alpha value is -1.68. The molecule has 4 N–H and O–H groups in total. The molecular formula is C10H11NO3. The Labute approximate surface area is 80.6 Å². The Bertz CT molecular complexity index is 462. The molecule has 4 heteroatoms. The van der Waals surface area contributed by atoms with Gasteiger partial charge >= 0.3 is 0 Å². The summed E-state index contributed by atoms with van der Waals surface area (Å²) in [6.45, 7) is 0.397. The standard InChI is InChI=1S/C10H11NO3/c11-5-4-8-9(13)6-2-1-3-7(12)10(6)14-8/h1-3,12-13H,4-5,11H2. The molecule has 14 heavy (non-hydrogen) atoms. The fraction of sp³-hybridized carbons (Fsp3) is 0.200. The average Bonchev–Trinajstić information content (AvgIpc) is 2.48. The minimum absolute atomic E-state index is 0.0288. The molecule has 1 heterocycles. The monoisotopic (exact) mass is 193 g/mol. The SMILES string of the molecule is NCCc1oc2c(O)cccc2c1O. The summed E-state index contributed by atoms with van der Waals surface area (Å²) >= 11 is 0. The van der Waals surface area contributed by atoms with E-state index in [-0.39, 0.29) is 11.5 Å². The van der Waals surface area contributed by atoms with E-state index in [0.29, 0.717) is 29.7 Å². The number of benzene rings is 1. The summed E-state index contributed by atoms with van der Waals surface area (Å²) in [7, 11) is 0. The second-order valence-corrected chi connectivity index (χ2v) is 3.07. The fourth-order valence-corrected chi connectivity index (χ4v) is 1.44. The van der Waals surface area contributed by atoms with Crippen LogP contribution in [0.2, 0.25) is 0 Å². The first-order valence-corrected chi connectivity index (χ1v) is 4.36. The van der Waals surface area contributed by atoms with Crippen molar-refractivity contribution in [3.05, 3.63) is 24.0 Å². The summed E-state index contributed by atoms with van der Waals surface area (Å²) in [4.78, 5) is 0. The van der Waals surface area contributed by atoms with Crippen molar-refractivity contribution in [3.63, 3.8) is 0 Å². The van der Waals surface area contributed by atoms with Crippen LogP contribution in [-0.4, -0.2) is 16.8 Å². The Kier molecular flexibility index (Phi) is 2.05. The topological polar surface area (TPSA) is 79.6 Å². The molecule has 0 unspecified atom stereocenters. The van der Waals surface area contributed by atoms with Gasteiger partial charge in [0.15, 0.2) is 17.1 Å². The van der Waals surface area contributed by atoms with Crippen LogP contribution in [0, 0.1) is 0 Å². The maximum atomic E-state index is 9.68. The lowest BCUT2D eigenvalue weighted by atomic mass is 10.2. The second kappa shape index (κ2) is 3.23.